The van der Waals surface area contributed by atoms with Gasteiger partial charge in [-0.25, -0.2) is 4.98 Å². The Labute approximate surface area is 110 Å². The van der Waals surface area contributed by atoms with Gasteiger partial charge in [0.05, 0.1) is 22.7 Å². The molecule has 0 atom stereocenters. The number of nitro groups is 1. The molecule has 0 saturated carbocycles. The molecule has 0 aromatic carbocycles. The van der Waals surface area contributed by atoms with E-state index in [1.807, 2.05) is 6.92 Å². The van der Waals surface area contributed by atoms with Gasteiger partial charge in [0, 0.05) is 13.1 Å². The summed E-state index contributed by atoms with van der Waals surface area (Å²) in [5.74, 6) is 0.388. The summed E-state index contributed by atoms with van der Waals surface area (Å²) in [5.41, 5.74) is -1.03. The summed E-state index contributed by atoms with van der Waals surface area (Å²) in [6.45, 7) is 6.08. The molecule has 0 aliphatic carbocycles. The molecular weight excluding hydrogens is 258 g/mol. The second kappa shape index (κ2) is 5.49. The SMILES string of the molecule is CCN(CC(C)(C)O)c1cc([N+](=O)[O-])cc(Cl)n1. The Bertz CT molecular complexity index is 446. The van der Waals surface area contributed by atoms with Crippen molar-refractivity contribution in [3.8, 4) is 0 Å². The fourth-order valence-electron chi connectivity index (χ4n) is 1.56. The van der Waals surface area contributed by atoms with Crippen LogP contribution < -0.4 is 4.90 Å². The van der Waals surface area contributed by atoms with Crippen molar-refractivity contribution in [2.45, 2.75) is 26.4 Å². The highest BCUT2D eigenvalue weighted by atomic mass is 35.5. The van der Waals surface area contributed by atoms with Crippen LogP contribution in [0.5, 0.6) is 0 Å². The third kappa shape index (κ3) is 4.12. The van der Waals surface area contributed by atoms with Crippen LogP contribution in [-0.2, 0) is 0 Å². The van der Waals surface area contributed by atoms with E-state index in [1.54, 1.807) is 18.7 Å². The van der Waals surface area contributed by atoms with Gasteiger partial charge >= 0.3 is 0 Å². The average Bonchev–Trinajstić information content (AvgIpc) is 2.23. The van der Waals surface area contributed by atoms with Gasteiger partial charge in [0.2, 0.25) is 0 Å². The summed E-state index contributed by atoms with van der Waals surface area (Å²) >= 11 is 5.76. The number of nitrogens with zero attached hydrogens (tertiary/aromatic N) is 3. The first-order valence-corrected chi connectivity index (χ1v) is 5.90. The van der Waals surface area contributed by atoms with E-state index in [-0.39, 0.29) is 10.8 Å². The van der Waals surface area contributed by atoms with Crippen molar-refractivity contribution < 1.29 is 10.0 Å². The lowest BCUT2D eigenvalue weighted by molar-refractivity contribution is -0.384. The molecule has 1 aromatic rings. The monoisotopic (exact) mass is 273 g/mol. The molecule has 6 nitrogen and oxygen atoms in total. The highest BCUT2D eigenvalue weighted by Gasteiger charge is 2.20. The van der Waals surface area contributed by atoms with Crippen molar-refractivity contribution in [2.24, 2.45) is 0 Å². The number of aromatic nitrogens is 1. The van der Waals surface area contributed by atoms with E-state index >= 15 is 0 Å². The van der Waals surface area contributed by atoms with Gasteiger partial charge in [-0.05, 0) is 20.8 Å². The van der Waals surface area contributed by atoms with Crippen LogP contribution in [0.15, 0.2) is 12.1 Å². The zero-order valence-corrected chi connectivity index (χ0v) is 11.3. The first-order chi connectivity index (χ1) is 8.23. The van der Waals surface area contributed by atoms with E-state index in [2.05, 4.69) is 4.98 Å². The number of halogens is 1. The lowest BCUT2D eigenvalue weighted by atomic mass is 10.1. The average molecular weight is 274 g/mol. The Kier molecular flexibility index (Phi) is 4.48. The lowest BCUT2D eigenvalue weighted by Crippen LogP contribution is -2.39. The van der Waals surface area contributed by atoms with Crippen molar-refractivity contribution in [3.05, 3.63) is 27.4 Å². The van der Waals surface area contributed by atoms with Crippen LogP contribution in [0.3, 0.4) is 0 Å². The summed E-state index contributed by atoms with van der Waals surface area (Å²) in [7, 11) is 0. The van der Waals surface area contributed by atoms with Gasteiger partial charge in [0.15, 0.2) is 0 Å². The lowest BCUT2D eigenvalue weighted by Gasteiger charge is -2.28. The number of pyridine rings is 1. The molecule has 100 valence electrons. The number of likely N-dealkylation sites (N-methyl/N-ethyl adjacent to an activating group) is 1. The van der Waals surface area contributed by atoms with E-state index in [0.717, 1.165) is 0 Å². The maximum absolute atomic E-state index is 10.8. The van der Waals surface area contributed by atoms with Crippen molar-refractivity contribution in [1.82, 2.24) is 4.98 Å². The van der Waals surface area contributed by atoms with Gasteiger partial charge in [0.25, 0.3) is 5.69 Å². The van der Waals surface area contributed by atoms with Gasteiger partial charge in [-0.1, -0.05) is 11.6 Å². The highest BCUT2D eigenvalue weighted by Crippen LogP contribution is 2.24. The Hall–Kier alpha value is -1.40. The van der Waals surface area contributed by atoms with Crippen LogP contribution in [0.4, 0.5) is 11.5 Å². The van der Waals surface area contributed by atoms with E-state index in [4.69, 9.17) is 11.6 Å². The van der Waals surface area contributed by atoms with Crippen LogP contribution in [0.2, 0.25) is 5.15 Å². The Morgan fingerprint density at radius 2 is 2.17 bits per heavy atom. The summed E-state index contributed by atoms with van der Waals surface area (Å²) < 4.78 is 0. The molecule has 0 radical (unpaired) electrons. The summed E-state index contributed by atoms with van der Waals surface area (Å²) in [4.78, 5) is 16.0. The summed E-state index contributed by atoms with van der Waals surface area (Å²) in [5, 5.41) is 20.6. The highest BCUT2D eigenvalue weighted by molar-refractivity contribution is 6.29. The van der Waals surface area contributed by atoms with Gasteiger partial charge in [-0.3, -0.25) is 10.1 Å². The van der Waals surface area contributed by atoms with E-state index < -0.39 is 10.5 Å². The number of hydrogen-bond acceptors (Lipinski definition) is 5. The van der Waals surface area contributed by atoms with Gasteiger partial charge in [-0.15, -0.1) is 0 Å². The number of hydrogen-bond donors (Lipinski definition) is 1. The third-order valence-electron chi connectivity index (χ3n) is 2.26. The largest absolute Gasteiger partial charge is 0.389 e. The predicted molar refractivity (Wildman–Crippen MR) is 70.1 cm³/mol. The zero-order valence-electron chi connectivity index (χ0n) is 10.6. The maximum atomic E-state index is 10.8. The van der Waals surface area contributed by atoms with Gasteiger partial charge < -0.3 is 10.0 Å². The summed E-state index contributed by atoms with van der Waals surface area (Å²) in [6, 6.07) is 2.55. The van der Waals surface area contributed by atoms with Crippen LogP contribution >= 0.6 is 11.6 Å². The molecule has 0 spiro atoms. The third-order valence-corrected chi connectivity index (χ3v) is 2.45. The molecule has 0 saturated heterocycles. The minimum absolute atomic E-state index is 0.0633. The fraction of sp³-hybridized carbons (Fsp3) is 0.545. The van der Waals surface area contributed by atoms with Crippen molar-refractivity contribution in [3.63, 3.8) is 0 Å². The topological polar surface area (TPSA) is 79.5 Å². The molecule has 0 bridgehead atoms. The molecule has 1 N–H and O–H groups in total. The first kappa shape index (κ1) is 14.7. The molecule has 0 fully saturated rings. The molecule has 0 aliphatic rings. The molecule has 1 rings (SSSR count). The van der Waals surface area contributed by atoms with E-state index in [9.17, 15) is 15.2 Å². The van der Waals surface area contributed by atoms with E-state index in [0.29, 0.717) is 18.9 Å². The Morgan fingerprint density at radius 3 is 2.61 bits per heavy atom. The van der Waals surface area contributed by atoms with Crippen LogP contribution in [0, 0.1) is 10.1 Å². The van der Waals surface area contributed by atoms with Crippen LogP contribution in [-0.4, -0.2) is 33.7 Å². The minimum atomic E-state index is -0.922. The van der Waals surface area contributed by atoms with Crippen molar-refractivity contribution in [2.75, 3.05) is 18.0 Å². The van der Waals surface area contributed by atoms with Crippen LogP contribution in [0.1, 0.15) is 20.8 Å². The second-order valence-corrected chi connectivity index (χ2v) is 4.98. The molecule has 0 amide bonds. The molecule has 0 aliphatic heterocycles. The molecule has 18 heavy (non-hydrogen) atoms. The quantitative estimate of drug-likeness (QED) is 0.506. The maximum Gasteiger partial charge on any atom is 0.276 e. The standard InChI is InChI=1S/C11H16ClN3O3/c1-4-14(7-11(2,3)16)10-6-8(15(17)18)5-9(12)13-10/h5-6,16H,4,7H2,1-3H3. The zero-order chi connectivity index (χ0) is 13.9. The molecule has 0 unspecified atom stereocenters. The number of anilines is 1. The molecule has 1 aromatic heterocycles. The molecular formula is C11H16ClN3O3. The normalized spacial score (nSPS) is 11.4. The van der Waals surface area contributed by atoms with Gasteiger partial charge in [0.1, 0.15) is 11.0 Å². The fourth-order valence-corrected chi connectivity index (χ4v) is 1.76. The smallest absolute Gasteiger partial charge is 0.276 e. The predicted octanol–water partition coefficient (Wildman–Crippen LogP) is 2.24. The van der Waals surface area contributed by atoms with Crippen LogP contribution in [0.25, 0.3) is 0 Å². The van der Waals surface area contributed by atoms with Crippen molar-refractivity contribution >= 4 is 23.1 Å². The number of rotatable bonds is 5. The summed E-state index contributed by atoms with van der Waals surface area (Å²) in [6.07, 6.45) is 0. The first-order valence-electron chi connectivity index (χ1n) is 5.52. The van der Waals surface area contributed by atoms with Crippen molar-refractivity contribution in [1.29, 1.82) is 0 Å². The molecule has 1 heterocycles. The second-order valence-electron chi connectivity index (χ2n) is 4.59. The Morgan fingerprint density at radius 1 is 1.56 bits per heavy atom. The molecule has 7 heteroatoms. The number of aliphatic hydroxyl groups is 1. The van der Waals surface area contributed by atoms with Gasteiger partial charge in [-0.2, -0.15) is 0 Å². The van der Waals surface area contributed by atoms with E-state index in [1.165, 1.54) is 12.1 Å². The Balaban J connectivity index is 3.09. The minimum Gasteiger partial charge on any atom is -0.389 e.